The van der Waals surface area contributed by atoms with Crippen LogP contribution in [0, 0.1) is 10.1 Å². The monoisotopic (exact) mass is 363 g/mol. The topological polar surface area (TPSA) is 61.6 Å². The molecule has 3 rings (SSSR count). The largest absolute Gasteiger partial charge is 0.493 e. The summed E-state index contributed by atoms with van der Waals surface area (Å²) in [5.74, 6) is 3.74. The van der Waals surface area contributed by atoms with E-state index >= 15 is 0 Å². The molecule has 0 bridgehead atoms. The van der Waals surface area contributed by atoms with Gasteiger partial charge in [-0.25, -0.2) is 0 Å². The third-order valence-corrected chi connectivity index (χ3v) is 6.73. The first-order chi connectivity index (χ1) is 11.7. The van der Waals surface area contributed by atoms with Crippen LogP contribution in [0.3, 0.4) is 0 Å². The van der Waals surface area contributed by atoms with Gasteiger partial charge in [0.2, 0.25) is 0 Å². The third-order valence-electron chi connectivity index (χ3n) is 3.62. The number of thioether (sulfide) groups is 2. The van der Waals surface area contributed by atoms with Crippen LogP contribution in [-0.4, -0.2) is 23.5 Å². The lowest BCUT2D eigenvalue weighted by atomic mass is 10.2. The normalized spacial score (nSPS) is 14.5. The second-order valence-corrected chi connectivity index (χ2v) is 7.92. The van der Waals surface area contributed by atoms with E-state index in [0.29, 0.717) is 22.7 Å². The molecule has 1 heterocycles. The maximum Gasteiger partial charge on any atom is 0.269 e. The number of nitrogens with zero attached hydrogens (tertiary/aromatic N) is 1. The van der Waals surface area contributed by atoms with Gasteiger partial charge in [0.1, 0.15) is 6.61 Å². The zero-order chi connectivity index (χ0) is 16.9. The standard InChI is InChI=1S/C17H17NO4S2/c1-21-16-10-13(17-23-8-9-24-17)4-7-15(16)22-11-12-2-5-14(6-3-12)18(19)20/h2-7,10,17H,8-9,11H2,1H3. The Balaban J connectivity index is 1.68. The van der Waals surface area contributed by atoms with Crippen molar-refractivity contribution in [2.24, 2.45) is 0 Å². The molecule has 126 valence electrons. The number of ether oxygens (including phenoxy) is 2. The van der Waals surface area contributed by atoms with Gasteiger partial charge in [0.25, 0.3) is 5.69 Å². The molecule has 1 fully saturated rings. The van der Waals surface area contributed by atoms with Crippen molar-refractivity contribution in [3.63, 3.8) is 0 Å². The second kappa shape index (κ2) is 7.81. The average molecular weight is 363 g/mol. The van der Waals surface area contributed by atoms with E-state index < -0.39 is 4.92 Å². The minimum atomic E-state index is -0.411. The van der Waals surface area contributed by atoms with E-state index in [2.05, 4.69) is 6.07 Å². The first kappa shape index (κ1) is 17.0. The van der Waals surface area contributed by atoms with Gasteiger partial charge in [0, 0.05) is 23.6 Å². The average Bonchev–Trinajstić information content (AvgIpc) is 3.14. The van der Waals surface area contributed by atoms with Crippen molar-refractivity contribution >= 4 is 29.2 Å². The Hall–Kier alpha value is -1.86. The summed E-state index contributed by atoms with van der Waals surface area (Å²) in [6.07, 6.45) is 0. The number of rotatable bonds is 6. The smallest absolute Gasteiger partial charge is 0.269 e. The van der Waals surface area contributed by atoms with Gasteiger partial charge in [0.05, 0.1) is 16.6 Å². The van der Waals surface area contributed by atoms with Gasteiger partial charge < -0.3 is 9.47 Å². The number of non-ortho nitro benzene ring substituents is 1. The number of nitro groups is 1. The van der Waals surface area contributed by atoms with Gasteiger partial charge in [-0.3, -0.25) is 10.1 Å². The molecule has 0 aliphatic carbocycles. The fourth-order valence-corrected chi connectivity index (χ4v) is 5.21. The van der Waals surface area contributed by atoms with Crippen molar-refractivity contribution < 1.29 is 14.4 Å². The predicted octanol–water partition coefficient (Wildman–Crippen LogP) is 4.66. The van der Waals surface area contributed by atoms with E-state index in [9.17, 15) is 10.1 Å². The van der Waals surface area contributed by atoms with Gasteiger partial charge >= 0.3 is 0 Å². The first-order valence-corrected chi connectivity index (χ1v) is 9.54. The van der Waals surface area contributed by atoms with Crippen LogP contribution in [0.5, 0.6) is 11.5 Å². The van der Waals surface area contributed by atoms with E-state index in [1.165, 1.54) is 29.2 Å². The van der Waals surface area contributed by atoms with Crippen LogP contribution in [0.15, 0.2) is 42.5 Å². The van der Waals surface area contributed by atoms with E-state index in [0.717, 1.165) is 5.56 Å². The molecule has 5 nitrogen and oxygen atoms in total. The van der Waals surface area contributed by atoms with Crippen molar-refractivity contribution in [3.05, 3.63) is 63.7 Å². The van der Waals surface area contributed by atoms with Gasteiger partial charge in [-0.1, -0.05) is 6.07 Å². The summed E-state index contributed by atoms with van der Waals surface area (Å²) in [5, 5.41) is 10.7. The molecule has 2 aromatic carbocycles. The van der Waals surface area contributed by atoms with Crippen LogP contribution >= 0.6 is 23.5 Å². The van der Waals surface area contributed by atoms with Crippen LogP contribution in [0.25, 0.3) is 0 Å². The molecule has 24 heavy (non-hydrogen) atoms. The number of benzene rings is 2. The van der Waals surface area contributed by atoms with E-state index in [1.54, 1.807) is 19.2 Å². The molecule has 0 aromatic heterocycles. The lowest BCUT2D eigenvalue weighted by Crippen LogP contribution is -1.99. The first-order valence-electron chi connectivity index (χ1n) is 7.44. The highest BCUT2D eigenvalue weighted by Crippen LogP contribution is 2.46. The zero-order valence-corrected chi connectivity index (χ0v) is 14.8. The molecule has 0 unspecified atom stereocenters. The summed E-state index contributed by atoms with van der Waals surface area (Å²) in [6.45, 7) is 0.334. The van der Waals surface area contributed by atoms with E-state index in [4.69, 9.17) is 9.47 Å². The number of methoxy groups -OCH3 is 1. The predicted molar refractivity (Wildman–Crippen MR) is 98.1 cm³/mol. The lowest BCUT2D eigenvalue weighted by molar-refractivity contribution is -0.384. The van der Waals surface area contributed by atoms with Crippen LogP contribution in [-0.2, 0) is 6.61 Å². The molecular formula is C17H17NO4S2. The summed E-state index contributed by atoms with van der Waals surface area (Å²) in [6, 6.07) is 12.4. The maximum absolute atomic E-state index is 10.7. The Labute approximate surface area is 148 Å². The number of nitro benzene ring substituents is 1. The summed E-state index contributed by atoms with van der Waals surface area (Å²) >= 11 is 3.89. The van der Waals surface area contributed by atoms with Gasteiger partial charge in [-0.15, -0.1) is 23.5 Å². The highest BCUT2D eigenvalue weighted by atomic mass is 32.2. The maximum atomic E-state index is 10.7. The summed E-state index contributed by atoms with van der Waals surface area (Å²) in [7, 11) is 1.63. The molecule has 1 saturated heterocycles. The third kappa shape index (κ3) is 3.96. The molecule has 0 saturated carbocycles. The van der Waals surface area contributed by atoms with Crippen molar-refractivity contribution in [1.29, 1.82) is 0 Å². The van der Waals surface area contributed by atoms with Crippen LogP contribution in [0.4, 0.5) is 5.69 Å². The molecule has 0 radical (unpaired) electrons. The highest BCUT2D eigenvalue weighted by molar-refractivity contribution is 8.19. The van der Waals surface area contributed by atoms with Gasteiger partial charge in [0.15, 0.2) is 11.5 Å². The summed E-state index contributed by atoms with van der Waals surface area (Å²) in [5.41, 5.74) is 2.18. The SMILES string of the molecule is COc1cc(C2SCCS2)ccc1OCc1ccc([N+](=O)[O-])cc1. The summed E-state index contributed by atoms with van der Waals surface area (Å²) in [4.78, 5) is 10.3. The minimum Gasteiger partial charge on any atom is -0.493 e. The zero-order valence-electron chi connectivity index (χ0n) is 13.1. The second-order valence-electron chi connectivity index (χ2n) is 5.20. The van der Waals surface area contributed by atoms with Crippen LogP contribution < -0.4 is 9.47 Å². The molecular weight excluding hydrogens is 346 g/mol. The number of hydrogen-bond acceptors (Lipinski definition) is 6. The quantitative estimate of drug-likeness (QED) is 0.549. The summed E-state index contributed by atoms with van der Waals surface area (Å²) < 4.78 is 11.7. The number of hydrogen-bond donors (Lipinski definition) is 0. The van der Waals surface area contributed by atoms with E-state index in [1.807, 2.05) is 35.7 Å². The highest BCUT2D eigenvalue weighted by Gasteiger charge is 2.20. The molecule has 1 aliphatic rings. The fourth-order valence-electron chi connectivity index (χ4n) is 2.38. The molecule has 0 N–H and O–H groups in total. The van der Waals surface area contributed by atoms with Crippen molar-refractivity contribution in [2.45, 2.75) is 11.2 Å². The molecule has 0 spiro atoms. The van der Waals surface area contributed by atoms with Gasteiger partial charge in [-0.05, 0) is 35.4 Å². The van der Waals surface area contributed by atoms with Crippen molar-refractivity contribution in [3.8, 4) is 11.5 Å². The van der Waals surface area contributed by atoms with Crippen LogP contribution in [0.2, 0.25) is 0 Å². The molecule has 1 aliphatic heterocycles. The Morgan fingerprint density at radius 2 is 1.83 bits per heavy atom. The minimum absolute atomic E-state index is 0.0762. The molecule has 0 amide bonds. The molecule has 7 heteroatoms. The Kier molecular flexibility index (Phi) is 5.52. The Morgan fingerprint density at radius 3 is 2.46 bits per heavy atom. The molecule has 0 atom stereocenters. The Bertz CT molecular complexity index is 715. The Morgan fingerprint density at radius 1 is 1.12 bits per heavy atom. The fraction of sp³-hybridized carbons (Fsp3) is 0.294. The van der Waals surface area contributed by atoms with Crippen molar-refractivity contribution in [1.82, 2.24) is 0 Å². The van der Waals surface area contributed by atoms with E-state index in [-0.39, 0.29) is 5.69 Å². The van der Waals surface area contributed by atoms with Crippen molar-refractivity contribution in [2.75, 3.05) is 18.6 Å². The van der Waals surface area contributed by atoms with Crippen LogP contribution in [0.1, 0.15) is 15.7 Å². The lowest BCUT2D eigenvalue weighted by Gasteiger charge is -2.14. The molecule has 2 aromatic rings. The van der Waals surface area contributed by atoms with Gasteiger partial charge in [-0.2, -0.15) is 0 Å².